The van der Waals surface area contributed by atoms with E-state index in [0.29, 0.717) is 11.1 Å². The number of benzene rings is 3. The first-order valence-corrected chi connectivity index (χ1v) is 9.37. The summed E-state index contributed by atoms with van der Waals surface area (Å²) in [6.45, 7) is 7.84. The van der Waals surface area contributed by atoms with Crippen molar-refractivity contribution in [2.75, 3.05) is 0 Å². The Morgan fingerprint density at radius 1 is 0.655 bits per heavy atom. The van der Waals surface area contributed by atoms with Gasteiger partial charge in [0.15, 0.2) is 0 Å². The van der Waals surface area contributed by atoms with Crippen molar-refractivity contribution in [3.63, 3.8) is 0 Å². The monoisotopic (exact) mass is 381 g/mol. The number of aryl methyl sites for hydroxylation is 3. The predicted molar refractivity (Wildman–Crippen MR) is 117 cm³/mol. The minimum Gasteiger partial charge on any atom is -0.206 e. The van der Waals surface area contributed by atoms with E-state index in [1.54, 1.807) is 19.1 Å². The van der Waals surface area contributed by atoms with Gasteiger partial charge in [-0.2, -0.15) is 0 Å². The average molecular weight is 381 g/mol. The maximum atomic E-state index is 13.9. The standard InChI is InChI=1S/C26H20BF2/c1-17-13-24(28)23(25(29)14-17)12-11-21-7-5-20(6-8-21)9-10-22-15-18(2)26(27-4)19(3)16-22/h5-8,13-16H,1-4H3. The molecular formula is C26H20BF2. The fraction of sp³-hybridized carbons (Fsp3) is 0.154. The van der Waals surface area contributed by atoms with Crippen LogP contribution in [0.1, 0.15) is 38.9 Å². The van der Waals surface area contributed by atoms with Crippen LogP contribution in [0.15, 0.2) is 48.5 Å². The molecule has 0 heterocycles. The Hall–Kier alpha value is -3.30. The van der Waals surface area contributed by atoms with Crippen LogP contribution in [0, 0.1) is 56.1 Å². The zero-order chi connectivity index (χ0) is 21.0. The second kappa shape index (κ2) is 8.81. The van der Waals surface area contributed by atoms with Crippen molar-refractivity contribution in [2.45, 2.75) is 27.6 Å². The van der Waals surface area contributed by atoms with Gasteiger partial charge in [-0.05, 0) is 74.9 Å². The van der Waals surface area contributed by atoms with Crippen LogP contribution in [0.5, 0.6) is 0 Å². The molecule has 29 heavy (non-hydrogen) atoms. The molecule has 0 amide bonds. The summed E-state index contributed by atoms with van der Waals surface area (Å²) in [5.41, 5.74) is 6.48. The molecule has 0 aliphatic carbocycles. The van der Waals surface area contributed by atoms with E-state index in [-0.39, 0.29) is 5.56 Å². The Labute approximate surface area is 172 Å². The average Bonchev–Trinajstić information content (AvgIpc) is 2.66. The highest BCUT2D eigenvalue weighted by molar-refractivity contribution is 6.53. The summed E-state index contributed by atoms with van der Waals surface area (Å²) in [5.74, 6) is 10.5. The van der Waals surface area contributed by atoms with Gasteiger partial charge in [0.05, 0.1) is 5.56 Å². The SMILES string of the molecule is C[B]c1c(C)cc(C#Cc2ccc(C#Cc3c(F)cc(C)cc3F)cc2)cc1C. The first kappa shape index (κ1) is 20.4. The first-order valence-electron chi connectivity index (χ1n) is 9.37. The van der Waals surface area contributed by atoms with Crippen molar-refractivity contribution in [2.24, 2.45) is 0 Å². The zero-order valence-electron chi connectivity index (χ0n) is 17.0. The Balaban J connectivity index is 1.81. The molecule has 3 aromatic rings. The number of rotatable bonds is 1. The van der Waals surface area contributed by atoms with Crippen molar-refractivity contribution in [3.8, 4) is 23.7 Å². The molecule has 0 aromatic heterocycles. The molecule has 0 saturated carbocycles. The van der Waals surface area contributed by atoms with Crippen LogP contribution >= 0.6 is 0 Å². The lowest BCUT2D eigenvalue weighted by Crippen LogP contribution is -2.18. The molecule has 0 atom stereocenters. The smallest absolute Gasteiger partial charge is 0.148 e. The van der Waals surface area contributed by atoms with E-state index in [1.807, 2.05) is 19.0 Å². The molecule has 0 nitrogen and oxygen atoms in total. The van der Waals surface area contributed by atoms with Gasteiger partial charge in [0, 0.05) is 16.7 Å². The molecule has 0 N–H and O–H groups in total. The highest BCUT2D eigenvalue weighted by Gasteiger charge is 2.07. The highest BCUT2D eigenvalue weighted by Crippen LogP contribution is 2.14. The molecule has 0 fully saturated rings. The minimum atomic E-state index is -0.644. The van der Waals surface area contributed by atoms with Crippen LogP contribution in [-0.4, -0.2) is 7.28 Å². The number of hydrogen-bond donors (Lipinski definition) is 0. The molecule has 141 valence electrons. The van der Waals surface area contributed by atoms with Crippen LogP contribution < -0.4 is 5.46 Å². The van der Waals surface area contributed by atoms with E-state index in [9.17, 15) is 8.78 Å². The van der Waals surface area contributed by atoms with Crippen molar-refractivity contribution in [3.05, 3.63) is 99.1 Å². The molecule has 3 heteroatoms. The molecule has 1 radical (unpaired) electrons. The van der Waals surface area contributed by atoms with Crippen LogP contribution in [0.4, 0.5) is 8.78 Å². The van der Waals surface area contributed by atoms with Crippen LogP contribution in [0.25, 0.3) is 0 Å². The van der Waals surface area contributed by atoms with Gasteiger partial charge in [-0.15, -0.1) is 0 Å². The maximum Gasteiger partial charge on any atom is 0.148 e. The normalized spacial score (nSPS) is 9.86. The van der Waals surface area contributed by atoms with Crippen LogP contribution in [0.2, 0.25) is 6.82 Å². The van der Waals surface area contributed by atoms with Crippen molar-refractivity contribution < 1.29 is 8.78 Å². The van der Waals surface area contributed by atoms with Crippen molar-refractivity contribution in [1.29, 1.82) is 0 Å². The molecule has 0 spiro atoms. The maximum absolute atomic E-state index is 13.9. The second-order valence-corrected chi connectivity index (χ2v) is 6.99. The molecule has 0 aliphatic rings. The molecule has 3 rings (SSSR count). The fourth-order valence-electron chi connectivity index (χ4n) is 3.24. The van der Waals surface area contributed by atoms with Gasteiger partial charge in [0.2, 0.25) is 0 Å². The van der Waals surface area contributed by atoms with E-state index in [0.717, 1.165) is 11.1 Å². The van der Waals surface area contributed by atoms with Gasteiger partial charge in [-0.3, -0.25) is 0 Å². The molecule has 0 saturated heterocycles. The molecular weight excluding hydrogens is 361 g/mol. The Morgan fingerprint density at radius 3 is 1.59 bits per heavy atom. The van der Waals surface area contributed by atoms with Gasteiger partial charge < -0.3 is 0 Å². The molecule has 0 aliphatic heterocycles. The Bertz CT molecular complexity index is 1140. The summed E-state index contributed by atoms with van der Waals surface area (Å²) < 4.78 is 27.8. The number of hydrogen-bond acceptors (Lipinski definition) is 0. The van der Waals surface area contributed by atoms with E-state index in [2.05, 4.69) is 56.9 Å². The predicted octanol–water partition coefficient (Wildman–Crippen LogP) is 5.07. The van der Waals surface area contributed by atoms with Gasteiger partial charge in [-0.1, -0.05) is 47.1 Å². The minimum absolute atomic E-state index is 0.210. The topological polar surface area (TPSA) is 0 Å². The summed E-state index contributed by atoms with van der Waals surface area (Å²) in [6, 6.07) is 14.0. The lowest BCUT2D eigenvalue weighted by Gasteiger charge is -2.07. The van der Waals surface area contributed by atoms with Crippen molar-refractivity contribution >= 4 is 12.7 Å². The largest absolute Gasteiger partial charge is 0.206 e. The third kappa shape index (κ3) is 4.95. The lowest BCUT2D eigenvalue weighted by atomic mass is 9.68. The zero-order valence-corrected chi connectivity index (χ0v) is 17.0. The van der Waals surface area contributed by atoms with Gasteiger partial charge in [0.1, 0.15) is 18.9 Å². The van der Waals surface area contributed by atoms with Crippen LogP contribution in [-0.2, 0) is 0 Å². The van der Waals surface area contributed by atoms with Gasteiger partial charge in [0.25, 0.3) is 0 Å². The summed E-state index contributed by atoms with van der Waals surface area (Å²) in [5, 5.41) is 0. The summed E-state index contributed by atoms with van der Waals surface area (Å²) in [4.78, 5) is 0. The Kier molecular flexibility index (Phi) is 6.21. The molecule has 3 aromatic carbocycles. The summed E-state index contributed by atoms with van der Waals surface area (Å²) in [7, 11) is 2.11. The number of halogens is 2. The third-order valence-electron chi connectivity index (χ3n) is 4.64. The quantitative estimate of drug-likeness (QED) is 0.408. The fourth-order valence-corrected chi connectivity index (χ4v) is 3.24. The van der Waals surface area contributed by atoms with E-state index >= 15 is 0 Å². The molecule has 0 bridgehead atoms. The highest BCUT2D eigenvalue weighted by atomic mass is 19.1. The lowest BCUT2D eigenvalue weighted by molar-refractivity contribution is 0.575. The van der Waals surface area contributed by atoms with Gasteiger partial charge >= 0.3 is 0 Å². The van der Waals surface area contributed by atoms with Crippen LogP contribution in [0.3, 0.4) is 0 Å². The van der Waals surface area contributed by atoms with E-state index in [1.165, 1.54) is 28.7 Å². The molecule has 0 unspecified atom stereocenters. The first-order chi connectivity index (χ1) is 13.9. The third-order valence-corrected chi connectivity index (χ3v) is 4.64. The Morgan fingerprint density at radius 2 is 1.10 bits per heavy atom. The van der Waals surface area contributed by atoms with Gasteiger partial charge in [-0.25, -0.2) is 8.78 Å². The van der Waals surface area contributed by atoms with E-state index in [4.69, 9.17) is 0 Å². The summed E-state index contributed by atoms with van der Waals surface area (Å²) >= 11 is 0. The summed E-state index contributed by atoms with van der Waals surface area (Å²) in [6.07, 6.45) is 0. The van der Waals surface area contributed by atoms with Crippen molar-refractivity contribution in [1.82, 2.24) is 0 Å². The second-order valence-electron chi connectivity index (χ2n) is 6.99. The van der Waals surface area contributed by atoms with E-state index < -0.39 is 11.6 Å².